The van der Waals surface area contributed by atoms with Gasteiger partial charge < -0.3 is 15.6 Å². The average Bonchev–Trinajstić information content (AvgIpc) is 2.40. The van der Waals surface area contributed by atoms with Crippen molar-refractivity contribution >= 4 is 0 Å². The Morgan fingerprint density at radius 3 is 3.00 bits per heavy atom. The second-order valence-corrected chi connectivity index (χ2v) is 4.03. The Bertz CT molecular complexity index is 351. The second kappa shape index (κ2) is 4.21. The molecule has 15 heavy (non-hydrogen) atoms. The molecule has 0 aromatic heterocycles. The van der Waals surface area contributed by atoms with Crippen LogP contribution in [0.15, 0.2) is 18.2 Å². The summed E-state index contributed by atoms with van der Waals surface area (Å²) in [5.41, 5.74) is 7.95. The van der Waals surface area contributed by atoms with E-state index in [0.29, 0.717) is 0 Å². The molecule has 0 bridgehead atoms. The summed E-state index contributed by atoms with van der Waals surface area (Å²) in [6.07, 6.45) is 2.26. The zero-order valence-electron chi connectivity index (χ0n) is 8.94. The van der Waals surface area contributed by atoms with Crippen LogP contribution in [0, 0.1) is 0 Å². The van der Waals surface area contributed by atoms with Crippen molar-refractivity contribution in [3.8, 4) is 5.75 Å². The zero-order chi connectivity index (χ0) is 10.8. The molecule has 0 radical (unpaired) electrons. The summed E-state index contributed by atoms with van der Waals surface area (Å²) in [4.78, 5) is 0. The van der Waals surface area contributed by atoms with Crippen LogP contribution in [0.4, 0.5) is 0 Å². The number of fused-ring (bicyclic) bond motifs is 1. The van der Waals surface area contributed by atoms with Crippen molar-refractivity contribution in [1.29, 1.82) is 0 Å². The van der Waals surface area contributed by atoms with E-state index in [1.807, 2.05) is 18.2 Å². The number of hydrogen-bond acceptors (Lipinski definition) is 3. The molecule has 0 spiro atoms. The Labute approximate surface area is 89.9 Å². The monoisotopic (exact) mass is 207 g/mol. The predicted molar refractivity (Wildman–Crippen MR) is 58.9 cm³/mol. The van der Waals surface area contributed by atoms with Crippen molar-refractivity contribution in [2.24, 2.45) is 5.73 Å². The number of nitrogens with two attached hydrogens (primary N) is 1. The van der Waals surface area contributed by atoms with Gasteiger partial charge in [-0.15, -0.1) is 0 Å². The second-order valence-electron chi connectivity index (χ2n) is 4.03. The first-order valence-corrected chi connectivity index (χ1v) is 5.33. The summed E-state index contributed by atoms with van der Waals surface area (Å²) in [5, 5.41) is 10.1. The van der Waals surface area contributed by atoms with Crippen molar-refractivity contribution in [3.05, 3.63) is 29.3 Å². The fourth-order valence-electron chi connectivity index (χ4n) is 2.22. The summed E-state index contributed by atoms with van der Waals surface area (Å²) in [7, 11) is 1.62. The fraction of sp³-hybridized carbons (Fsp3) is 0.500. The van der Waals surface area contributed by atoms with Gasteiger partial charge in [-0.25, -0.2) is 0 Å². The van der Waals surface area contributed by atoms with E-state index in [4.69, 9.17) is 10.5 Å². The lowest BCUT2D eigenvalue weighted by Gasteiger charge is -2.20. The van der Waals surface area contributed by atoms with Crippen LogP contribution >= 0.6 is 0 Å². The molecule has 1 aromatic rings. The standard InChI is InChI=1S/C12H17NO2/c1-15-10-7-3-5-8-4-2-6-9(13)12(14)11(8)10/h3,5,7,9,12,14H,2,4,6,13H2,1H3/t9-,12-/m1/s1. The molecule has 2 rings (SSSR count). The molecule has 1 aliphatic carbocycles. The SMILES string of the molecule is COc1cccc2c1[C@H](O)[C@H](N)CCC2. The zero-order valence-corrected chi connectivity index (χ0v) is 8.94. The Morgan fingerprint density at radius 2 is 2.27 bits per heavy atom. The van der Waals surface area contributed by atoms with E-state index in [0.717, 1.165) is 36.1 Å². The van der Waals surface area contributed by atoms with Crippen molar-refractivity contribution in [2.75, 3.05) is 7.11 Å². The molecule has 0 saturated heterocycles. The van der Waals surface area contributed by atoms with Gasteiger partial charge in [-0.1, -0.05) is 12.1 Å². The molecule has 2 atom stereocenters. The smallest absolute Gasteiger partial charge is 0.124 e. The van der Waals surface area contributed by atoms with Gasteiger partial charge in [0.15, 0.2) is 0 Å². The largest absolute Gasteiger partial charge is 0.496 e. The molecule has 0 saturated carbocycles. The number of hydrogen-bond donors (Lipinski definition) is 2. The molecule has 0 heterocycles. The average molecular weight is 207 g/mol. The van der Waals surface area contributed by atoms with Crippen molar-refractivity contribution < 1.29 is 9.84 Å². The van der Waals surface area contributed by atoms with Gasteiger partial charge in [0.1, 0.15) is 5.75 Å². The molecule has 82 valence electrons. The van der Waals surface area contributed by atoms with E-state index in [2.05, 4.69) is 0 Å². The van der Waals surface area contributed by atoms with Crippen LogP contribution in [0.1, 0.15) is 30.1 Å². The van der Waals surface area contributed by atoms with Crippen LogP contribution in [0.2, 0.25) is 0 Å². The van der Waals surface area contributed by atoms with E-state index in [-0.39, 0.29) is 6.04 Å². The molecule has 3 N–H and O–H groups in total. The fourth-order valence-corrected chi connectivity index (χ4v) is 2.22. The molecule has 1 aromatic carbocycles. The first-order chi connectivity index (χ1) is 7.24. The highest BCUT2D eigenvalue weighted by atomic mass is 16.5. The van der Waals surface area contributed by atoms with Crippen LogP contribution in [-0.2, 0) is 6.42 Å². The summed E-state index contributed by atoms with van der Waals surface area (Å²) in [5.74, 6) is 0.748. The minimum Gasteiger partial charge on any atom is -0.496 e. The summed E-state index contributed by atoms with van der Waals surface area (Å²) in [6.45, 7) is 0. The minimum absolute atomic E-state index is 0.178. The molecule has 0 aliphatic heterocycles. The molecule has 3 nitrogen and oxygen atoms in total. The van der Waals surface area contributed by atoms with E-state index >= 15 is 0 Å². The van der Waals surface area contributed by atoms with Gasteiger partial charge in [0.2, 0.25) is 0 Å². The predicted octanol–water partition coefficient (Wildman–Crippen LogP) is 1.39. The Balaban J connectivity index is 2.49. The van der Waals surface area contributed by atoms with Crippen molar-refractivity contribution in [2.45, 2.75) is 31.4 Å². The van der Waals surface area contributed by atoms with E-state index in [9.17, 15) is 5.11 Å². The number of rotatable bonds is 1. The van der Waals surface area contributed by atoms with Gasteiger partial charge in [-0.2, -0.15) is 0 Å². The third kappa shape index (κ3) is 1.85. The van der Waals surface area contributed by atoms with Gasteiger partial charge in [0.05, 0.1) is 13.2 Å². The number of aliphatic hydroxyl groups is 1. The third-order valence-electron chi connectivity index (χ3n) is 3.06. The number of methoxy groups -OCH3 is 1. The topological polar surface area (TPSA) is 55.5 Å². The van der Waals surface area contributed by atoms with Gasteiger partial charge in [0, 0.05) is 11.6 Å². The maximum atomic E-state index is 10.1. The molecule has 0 unspecified atom stereocenters. The van der Waals surface area contributed by atoms with E-state index < -0.39 is 6.10 Å². The maximum absolute atomic E-state index is 10.1. The quantitative estimate of drug-likeness (QED) is 0.684. The first kappa shape index (κ1) is 10.5. The van der Waals surface area contributed by atoms with Crippen LogP contribution in [-0.4, -0.2) is 18.3 Å². The number of ether oxygens (including phenoxy) is 1. The maximum Gasteiger partial charge on any atom is 0.124 e. The highest BCUT2D eigenvalue weighted by Gasteiger charge is 2.25. The van der Waals surface area contributed by atoms with E-state index in [1.54, 1.807) is 7.11 Å². The minimum atomic E-state index is -0.598. The van der Waals surface area contributed by atoms with E-state index in [1.165, 1.54) is 0 Å². The molecule has 0 fully saturated rings. The molecular weight excluding hydrogens is 190 g/mol. The van der Waals surface area contributed by atoms with Gasteiger partial charge in [-0.3, -0.25) is 0 Å². The lowest BCUT2D eigenvalue weighted by Crippen LogP contribution is -2.27. The van der Waals surface area contributed by atoms with Crippen LogP contribution in [0.5, 0.6) is 5.75 Å². The summed E-state index contributed by atoms with van der Waals surface area (Å²) < 4.78 is 5.27. The van der Waals surface area contributed by atoms with Gasteiger partial charge in [-0.05, 0) is 30.9 Å². The highest BCUT2D eigenvalue weighted by molar-refractivity contribution is 5.43. The van der Waals surface area contributed by atoms with Crippen molar-refractivity contribution in [1.82, 2.24) is 0 Å². The number of aryl methyl sites for hydroxylation is 1. The highest BCUT2D eigenvalue weighted by Crippen LogP contribution is 2.34. The first-order valence-electron chi connectivity index (χ1n) is 5.33. The Kier molecular flexibility index (Phi) is 2.93. The summed E-state index contributed by atoms with van der Waals surface area (Å²) in [6, 6.07) is 5.70. The van der Waals surface area contributed by atoms with Gasteiger partial charge >= 0.3 is 0 Å². The number of aliphatic hydroxyl groups excluding tert-OH is 1. The summed E-state index contributed by atoms with van der Waals surface area (Å²) >= 11 is 0. The van der Waals surface area contributed by atoms with Crippen LogP contribution in [0.25, 0.3) is 0 Å². The molecule has 0 amide bonds. The van der Waals surface area contributed by atoms with Crippen LogP contribution in [0.3, 0.4) is 0 Å². The van der Waals surface area contributed by atoms with Gasteiger partial charge in [0.25, 0.3) is 0 Å². The lowest BCUT2D eigenvalue weighted by atomic mass is 9.98. The van der Waals surface area contributed by atoms with Crippen LogP contribution < -0.4 is 10.5 Å². The number of benzene rings is 1. The van der Waals surface area contributed by atoms with Crippen molar-refractivity contribution in [3.63, 3.8) is 0 Å². The molecule has 1 aliphatic rings. The third-order valence-corrected chi connectivity index (χ3v) is 3.06. The Morgan fingerprint density at radius 1 is 1.47 bits per heavy atom. The molecular formula is C12H17NO2. The molecule has 3 heteroatoms. The Hall–Kier alpha value is -1.06. The normalized spacial score (nSPS) is 25.5. The lowest BCUT2D eigenvalue weighted by molar-refractivity contribution is 0.141.